The van der Waals surface area contributed by atoms with Crippen molar-refractivity contribution in [1.29, 1.82) is 0 Å². The second-order valence-corrected chi connectivity index (χ2v) is 6.74. The van der Waals surface area contributed by atoms with E-state index in [0.29, 0.717) is 0 Å². The van der Waals surface area contributed by atoms with Gasteiger partial charge in [0.15, 0.2) is 0 Å². The summed E-state index contributed by atoms with van der Waals surface area (Å²) in [5, 5.41) is 6.94. The average Bonchev–Trinajstić information content (AvgIpc) is 3.14. The Morgan fingerprint density at radius 3 is 2.74 bits per heavy atom. The van der Waals surface area contributed by atoms with Gasteiger partial charge in [0.2, 0.25) is 0 Å². The summed E-state index contributed by atoms with van der Waals surface area (Å²) >= 11 is 1.67. The first-order valence-corrected chi connectivity index (χ1v) is 8.95. The van der Waals surface area contributed by atoms with E-state index in [-0.39, 0.29) is 0 Å². The minimum Gasteiger partial charge on any atom is -0.297 e. The highest BCUT2D eigenvalue weighted by Crippen LogP contribution is 2.28. The van der Waals surface area contributed by atoms with Gasteiger partial charge in [0.1, 0.15) is 0 Å². The average molecular weight is 324 g/mol. The third-order valence-corrected chi connectivity index (χ3v) is 5.12. The summed E-state index contributed by atoms with van der Waals surface area (Å²) in [5.74, 6) is 0. The van der Waals surface area contributed by atoms with Crippen molar-refractivity contribution in [3.8, 4) is 11.3 Å². The summed E-state index contributed by atoms with van der Waals surface area (Å²) < 4.78 is 2.05. The summed E-state index contributed by atoms with van der Waals surface area (Å²) in [4.78, 5) is 6.91. The lowest BCUT2D eigenvalue weighted by molar-refractivity contribution is 0.275. The van der Waals surface area contributed by atoms with Gasteiger partial charge in [-0.05, 0) is 6.42 Å². The van der Waals surface area contributed by atoms with Gasteiger partial charge in [-0.1, -0.05) is 30.3 Å². The Labute approximate surface area is 140 Å². The normalized spacial score (nSPS) is 15.3. The zero-order chi connectivity index (χ0) is 15.6. The molecule has 0 saturated heterocycles. The van der Waals surface area contributed by atoms with Gasteiger partial charge in [0.05, 0.1) is 22.6 Å². The van der Waals surface area contributed by atoms with Crippen molar-refractivity contribution in [2.45, 2.75) is 19.4 Å². The molecule has 0 amide bonds. The summed E-state index contributed by atoms with van der Waals surface area (Å²) in [7, 11) is 2.06. The molecule has 118 valence electrons. The topological polar surface area (TPSA) is 34.0 Å². The van der Waals surface area contributed by atoms with Crippen LogP contribution in [0.1, 0.15) is 17.0 Å². The van der Waals surface area contributed by atoms with Crippen LogP contribution >= 0.6 is 11.3 Å². The highest BCUT2D eigenvalue weighted by atomic mass is 32.1. The zero-order valence-corrected chi connectivity index (χ0v) is 14.1. The van der Waals surface area contributed by atoms with E-state index in [2.05, 4.69) is 57.3 Å². The van der Waals surface area contributed by atoms with Crippen molar-refractivity contribution in [2.75, 3.05) is 13.1 Å². The Morgan fingerprint density at radius 2 is 1.96 bits per heavy atom. The van der Waals surface area contributed by atoms with Crippen molar-refractivity contribution in [3.05, 3.63) is 58.2 Å². The van der Waals surface area contributed by atoms with Gasteiger partial charge in [0.25, 0.3) is 0 Å². The van der Waals surface area contributed by atoms with Crippen LogP contribution in [-0.4, -0.2) is 32.8 Å². The zero-order valence-electron chi connectivity index (χ0n) is 13.3. The van der Waals surface area contributed by atoms with Crippen LogP contribution < -0.4 is 0 Å². The number of thiazole rings is 1. The highest BCUT2D eigenvalue weighted by Gasteiger charge is 2.22. The number of benzene rings is 1. The van der Waals surface area contributed by atoms with Gasteiger partial charge in [-0.25, -0.2) is 4.98 Å². The van der Waals surface area contributed by atoms with Gasteiger partial charge in [-0.2, -0.15) is 5.10 Å². The van der Waals surface area contributed by atoms with Gasteiger partial charge < -0.3 is 0 Å². The molecule has 1 aliphatic rings. The second kappa shape index (κ2) is 6.26. The minimum atomic E-state index is 0.945. The number of aryl methyl sites for hydroxylation is 1. The quantitative estimate of drug-likeness (QED) is 0.742. The molecule has 4 nitrogen and oxygen atoms in total. The third kappa shape index (κ3) is 2.94. The molecule has 0 N–H and O–H groups in total. The molecule has 0 spiro atoms. The summed E-state index contributed by atoms with van der Waals surface area (Å²) in [5.41, 5.74) is 8.30. The van der Waals surface area contributed by atoms with E-state index in [4.69, 9.17) is 5.10 Å². The number of fused-ring (bicyclic) bond motifs is 1. The maximum absolute atomic E-state index is 4.80. The first-order chi connectivity index (χ1) is 11.3. The Morgan fingerprint density at radius 1 is 1.13 bits per heavy atom. The van der Waals surface area contributed by atoms with Crippen LogP contribution in [0.3, 0.4) is 0 Å². The molecule has 0 atom stereocenters. The van der Waals surface area contributed by atoms with Crippen LogP contribution in [0.4, 0.5) is 0 Å². The monoisotopic (exact) mass is 324 g/mol. The molecule has 3 aromatic rings. The molecule has 2 aromatic heterocycles. The van der Waals surface area contributed by atoms with Gasteiger partial charge in [0, 0.05) is 49.6 Å². The fourth-order valence-corrected chi connectivity index (χ4v) is 3.94. The Hall–Kier alpha value is -1.98. The molecule has 0 fully saturated rings. The summed E-state index contributed by atoms with van der Waals surface area (Å²) in [6, 6.07) is 10.6. The summed E-state index contributed by atoms with van der Waals surface area (Å²) in [6.45, 7) is 3.06. The lowest BCUT2D eigenvalue weighted by atomic mass is 10.0. The van der Waals surface area contributed by atoms with Crippen molar-refractivity contribution < 1.29 is 0 Å². The number of hydrogen-bond acceptors (Lipinski definition) is 4. The van der Waals surface area contributed by atoms with Crippen LogP contribution in [0.5, 0.6) is 0 Å². The maximum atomic E-state index is 4.80. The Balaban J connectivity index is 1.59. The molecule has 1 aromatic carbocycles. The minimum absolute atomic E-state index is 0.945. The predicted octanol–water partition coefficient (Wildman–Crippen LogP) is 3.14. The molecule has 0 saturated carbocycles. The number of nitrogens with zero attached hydrogens (tertiary/aromatic N) is 4. The van der Waals surface area contributed by atoms with E-state index < -0.39 is 0 Å². The fourth-order valence-electron chi connectivity index (χ4n) is 3.39. The Bertz CT molecular complexity index is 777. The third-order valence-electron chi connectivity index (χ3n) is 4.49. The van der Waals surface area contributed by atoms with Crippen molar-refractivity contribution in [3.63, 3.8) is 0 Å². The lowest BCUT2D eigenvalue weighted by Crippen LogP contribution is -2.26. The van der Waals surface area contributed by atoms with E-state index in [9.17, 15) is 0 Å². The van der Waals surface area contributed by atoms with Gasteiger partial charge in [-0.3, -0.25) is 9.58 Å². The van der Waals surface area contributed by atoms with Crippen LogP contribution in [0.15, 0.2) is 41.2 Å². The first kappa shape index (κ1) is 14.6. The second-order valence-electron chi connectivity index (χ2n) is 6.02. The molecule has 0 unspecified atom stereocenters. The smallest absolute Gasteiger partial charge is 0.0795 e. The lowest BCUT2D eigenvalue weighted by Gasteiger charge is -2.18. The van der Waals surface area contributed by atoms with Gasteiger partial charge in [-0.15, -0.1) is 11.3 Å². The standard InChI is InChI=1S/C18H20N4S/c1-21-18(14-5-3-2-4-6-14)16-7-9-22(10-8-17(16)20-21)11-15-12-23-13-19-15/h2-6,12-13H,7-11H2,1H3. The molecule has 0 radical (unpaired) electrons. The SMILES string of the molecule is Cn1nc2c(c1-c1ccccc1)CCN(Cc1cscn1)CC2. The maximum Gasteiger partial charge on any atom is 0.0795 e. The molecule has 5 heteroatoms. The molecule has 0 aliphatic carbocycles. The molecule has 3 heterocycles. The highest BCUT2D eigenvalue weighted by molar-refractivity contribution is 7.07. The van der Waals surface area contributed by atoms with Crippen molar-refractivity contribution in [1.82, 2.24) is 19.7 Å². The molecule has 23 heavy (non-hydrogen) atoms. The first-order valence-electron chi connectivity index (χ1n) is 8.01. The van der Waals surface area contributed by atoms with Crippen molar-refractivity contribution in [2.24, 2.45) is 7.05 Å². The van der Waals surface area contributed by atoms with Crippen LogP contribution in [0, 0.1) is 0 Å². The van der Waals surface area contributed by atoms with Crippen LogP contribution in [-0.2, 0) is 26.4 Å². The summed E-state index contributed by atoms with van der Waals surface area (Å²) in [6.07, 6.45) is 2.07. The molecular formula is C18H20N4S. The van der Waals surface area contributed by atoms with Crippen LogP contribution in [0.25, 0.3) is 11.3 Å². The van der Waals surface area contributed by atoms with Crippen molar-refractivity contribution >= 4 is 11.3 Å². The fraction of sp³-hybridized carbons (Fsp3) is 0.333. The van der Waals surface area contributed by atoms with E-state index in [1.165, 1.54) is 28.2 Å². The molecule has 1 aliphatic heterocycles. The predicted molar refractivity (Wildman–Crippen MR) is 93.4 cm³/mol. The van der Waals surface area contributed by atoms with E-state index in [1.807, 2.05) is 5.51 Å². The number of rotatable bonds is 3. The number of aromatic nitrogens is 3. The van der Waals surface area contributed by atoms with Gasteiger partial charge >= 0.3 is 0 Å². The Kier molecular flexibility index (Phi) is 3.97. The van der Waals surface area contributed by atoms with Crippen LogP contribution in [0.2, 0.25) is 0 Å². The van der Waals surface area contributed by atoms with E-state index >= 15 is 0 Å². The van der Waals surface area contributed by atoms with E-state index in [1.54, 1.807) is 11.3 Å². The molecule has 0 bridgehead atoms. The van der Waals surface area contributed by atoms with E-state index in [0.717, 1.165) is 32.5 Å². The number of hydrogen-bond donors (Lipinski definition) is 0. The molecule has 4 rings (SSSR count). The molecular weight excluding hydrogens is 304 g/mol. The largest absolute Gasteiger partial charge is 0.297 e.